The maximum absolute atomic E-state index is 5.78. The molecule has 0 aliphatic carbocycles. The monoisotopic (exact) mass is 439 g/mol. The maximum atomic E-state index is 5.78. The highest BCUT2D eigenvalue weighted by Gasteiger charge is 2.28. The molecule has 0 aliphatic rings. The third-order valence-electron chi connectivity index (χ3n) is 4.50. The van der Waals surface area contributed by atoms with Gasteiger partial charge in [-0.2, -0.15) is 0 Å². The Balaban J connectivity index is 1.75. The van der Waals surface area contributed by atoms with Crippen LogP contribution in [0.3, 0.4) is 0 Å². The van der Waals surface area contributed by atoms with E-state index in [1.807, 2.05) is 38.1 Å². The van der Waals surface area contributed by atoms with Crippen LogP contribution in [0.25, 0.3) is 0 Å². The Morgan fingerprint density at radius 3 is 1.35 bits per heavy atom. The molecule has 0 aliphatic heterocycles. The number of rotatable bonds is 13. The van der Waals surface area contributed by atoms with Gasteiger partial charge in [-0.25, -0.2) is 0 Å². The van der Waals surface area contributed by atoms with E-state index in [0.29, 0.717) is 39.6 Å². The van der Waals surface area contributed by atoms with Crippen LogP contribution in [0.15, 0.2) is 93.5 Å². The molecule has 0 atom stereocenters. The van der Waals surface area contributed by atoms with Crippen LogP contribution in [0.2, 0.25) is 0 Å². The van der Waals surface area contributed by atoms with Crippen molar-refractivity contribution < 1.29 is 18.9 Å². The number of hydrogen-bond donors (Lipinski definition) is 0. The van der Waals surface area contributed by atoms with E-state index >= 15 is 0 Å². The predicted octanol–water partition coefficient (Wildman–Crippen LogP) is 5.61. The van der Waals surface area contributed by atoms with E-state index in [-0.39, 0.29) is 10.9 Å². The Labute approximate surface area is 188 Å². The first-order valence-electron chi connectivity index (χ1n) is 10.7. The lowest BCUT2D eigenvalue weighted by molar-refractivity contribution is 0.110. The Morgan fingerprint density at radius 1 is 0.516 bits per heavy atom. The summed E-state index contributed by atoms with van der Waals surface area (Å²) in [6, 6.07) is 27.3. The van der Waals surface area contributed by atoms with Gasteiger partial charge in [0.1, 0.15) is 24.7 Å². The predicted molar refractivity (Wildman–Crippen MR) is 125 cm³/mol. The van der Waals surface area contributed by atoms with E-state index in [9.17, 15) is 0 Å². The van der Waals surface area contributed by atoms with Crippen LogP contribution in [-0.2, 0) is 20.4 Å². The van der Waals surface area contributed by atoms with Crippen LogP contribution in [0, 0.1) is 0 Å². The second-order valence-corrected chi connectivity index (χ2v) is 8.68. The second kappa shape index (κ2) is 13.1. The lowest BCUT2D eigenvalue weighted by atomic mass is 10.3. The Morgan fingerprint density at radius 2 is 0.935 bits per heavy atom. The van der Waals surface area contributed by atoms with Gasteiger partial charge in [0.15, 0.2) is 14.7 Å². The molecule has 0 saturated heterocycles. The van der Waals surface area contributed by atoms with E-state index in [1.165, 1.54) is 14.7 Å². The summed E-state index contributed by atoms with van der Waals surface area (Å²) < 4.78 is 22.2. The molecule has 0 unspecified atom stereocenters. The minimum absolute atomic E-state index is 0.209. The molecule has 3 aromatic rings. The van der Waals surface area contributed by atoms with Gasteiger partial charge < -0.3 is 18.9 Å². The average Bonchev–Trinajstić information content (AvgIpc) is 2.82. The summed E-state index contributed by atoms with van der Waals surface area (Å²) in [5.41, 5.74) is 0. The van der Waals surface area contributed by atoms with Crippen molar-refractivity contribution in [3.63, 3.8) is 0 Å². The fraction of sp³-hybridized carbons (Fsp3) is 0.308. The molecule has 0 spiro atoms. The zero-order valence-electron chi connectivity index (χ0n) is 18.3. The van der Waals surface area contributed by atoms with Crippen molar-refractivity contribution in [2.75, 3.05) is 39.6 Å². The third-order valence-corrected chi connectivity index (χ3v) is 6.73. The molecule has 0 saturated carbocycles. The molecule has 164 valence electrons. The molecule has 0 radical (unpaired) electrons. The number of hydrogen-bond acceptors (Lipinski definition) is 4. The van der Waals surface area contributed by atoms with Crippen LogP contribution < -0.4 is 9.47 Å². The standard InChI is InChI=1S/C26H31O4S/c1-3-27-18-20-29-22-10-14-25(15-11-22)31(24-8-6-5-7-9-24)26-16-12-23(13-17-26)30-21-19-28-4-2/h5-17H,3-4,18-21H2,1-2H3/q+1. The minimum atomic E-state index is -0.209. The molecular formula is C26H31O4S+. The summed E-state index contributed by atoms with van der Waals surface area (Å²) in [6.45, 7) is 7.71. The Kier molecular flexibility index (Phi) is 9.77. The first-order chi connectivity index (χ1) is 15.3. The Hall–Kier alpha value is -2.47. The van der Waals surface area contributed by atoms with Gasteiger partial charge in [0.2, 0.25) is 0 Å². The van der Waals surface area contributed by atoms with Gasteiger partial charge >= 0.3 is 0 Å². The highest BCUT2D eigenvalue weighted by Crippen LogP contribution is 2.33. The van der Waals surface area contributed by atoms with Crippen molar-refractivity contribution in [3.05, 3.63) is 78.9 Å². The molecule has 0 heterocycles. The van der Waals surface area contributed by atoms with Gasteiger partial charge in [0.25, 0.3) is 0 Å². The fourth-order valence-electron chi connectivity index (χ4n) is 3.03. The third kappa shape index (κ3) is 7.31. The summed E-state index contributed by atoms with van der Waals surface area (Å²) in [5, 5.41) is 0. The first kappa shape index (κ1) is 23.2. The largest absolute Gasteiger partial charge is 0.491 e. The summed E-state index contributed by atoms with van der Waals surface area (Å²) in [7, 11) is -0.209. The lowest BCUT2D eigenvalue weighted by Gasteiger charge is -2.11. The van der Waals surface area contributed by atoms with Gasteiger partial charge in [0, 0.05) is 13.2 Å². The number of benzene rings is 3. The van der Waals surface area contributed by atoms with Gasteiger partial charge in [-0.1, -0.05) is 18.2 Å². The van der Waals surface area contributed by atoms with Gasteiger partial charge in [0.05, 0.1) is 24.1 Å². The van der Waals surface area contributed by atoms with Crippen LogP contribution in [0.4, 0.5) is 0 Å². The summed E-state index contributed by atoms with van der Waals surface area (Å²) >= 11 is 0. The van der Waals surface area contributed by atoms with Crippen molar-refractivity contribution in [1.82, 2.24) is 0 Å². The molecule has 5 heteroatoms. The van der Waals surface area contributed by atoms with E-state index < -0.39 is 0 Å². The molecule has 0 N–H and O–H groups in total. The highest BCUT2D eigenvalue weighted by molar-refractivity contribution is 7.97. The first-order valence-corrected chi connectivity index (χ1v) is 11.9. The van der Waals surface area contributed by atoms with Crippen molar-refractivity contribution in [1.29, 1.82) is 0 Å². The fourth-order valence-corrected chi connectivity index (χ4v) is 5.10. The van der Waals surface area contributed by atoms with Crippen LogP contribution in [-0.4, -0.2) is 39.6 Å². The minimum Gasteiger partial charge on any atom is -0.491 e. The second-order valence-electron chi connectivity index (χ2n) is 6.65. The normalized spacial score (nSPS) is 10.9. The zero-order chi connectivity index (χ0) is 21.7. The molecule has 0 amide bonds. The molecule has 31 heavy (non-hydrogen) atoms. The molecule has 4 nitrogen and oxygen atoms in total. The molecule has 0 bridgehead atoms. The quantitative estimate of drug-likeness (QED) is 0.256. The maximum Gasteiger partial charge on any atom is 0.166 e. The van der Waals surface area contributed by atoms with Crippen LogP contribution >= 0.6 is 0 Å². The van der Waals surface area contributed by atoms with Gasteiger partial charge in [-0.15, -0.1) is 0 Å². The van der Waals surface area contributed by atoms with Crippen molar-refractivity contribution in [3.8, 4) is 11.5 Å². The molecule has 3 aromatic carbocycles. The SMILES string of the molecule is CCOCCOc1ccc([S+](c2ccccc2)c2ccc(OCCOCC)cc2)cc1. The molecule has 0 aromatic heterocycles. The molecular weight excluding hydrogens is 408 g/mol. The number of ether oxygens (including phenoxy) is 4. The molecule has 0 fully saturated rings. The van der Waals surface area contributed by atoms with Gasteiger partial charge in [-0.05, 0) is 74.5 Å². The van der Waals surface area contributed by atoms with Crippen molar-refractivity contribution in [2.24, 2.45) is 0 Å². The lowest BCUT2D eigenvalue weighted by Crippen LogP contribution is -2.08. The highest BCUT2D eigenvalue weighted by atomic mass is 32.2. The van der Waals surface area contributed by atoms with E-state index in [0.717, 1.165) is 11.5 Å². The zero-order valence-corrected chi connectivity index (χ0v) is 19.1. The Bertz CT molecular complexity index is 811. The smallest absolute Gasteiger partial charge is 0.166 e. The molecule has 3 rings (SSSR count). The average molecular weight is 440 g/mol. The summed E-state index contributed by atoms with van der Waals surface area (Å²) in [5.74, 6) is 1.72. The van der Waals surface area contributed by atoms with Crippen molar-refractivity contribution in [2.45, 2.75) is 28.5 Å². The summed E-state index contributed by atoms with van der Waals surface area (Å²) in [6.07, 6.45) is 0. The van der Waals surface area contributed by atoms with E-state index in [1.54, 1.807) is 0 Å². The van der Waals surface area contributed by atoms with E-state index in [4.69, 9.17) is 18.9 Å². The van der Waals surface area contributed by atoms with Crippen molar-refractivity contribution >= 4 is 10.9 Å². The van der Waals surface area contributed by atoms with Gasteiger partial charge in [-0.3, -0.25) is 0 Å². The van der Waals surface area contributed by atoms with Crippen LogP contribution in [0.5, 0.6) is 11.5 Å². The van der Waals surface area contributed by atoms with Crippen LogP contribution in [0.1, 0.15) is 13.8 Å². The summed E-state index contributed by atoms with van der Waals surface area (Å²) in [4.78, 5) is 3.76. The van der Waals surface area contributed by atoms with E-state index in [2.05, 4.69) is 54.6 Å². The topological polar surface area (TPSA) is 36.9 Å².